The summed E-state index contributed by atoms with van der Waals surface area (Å²) in [5.74, 6) is 1.69. The Kier molecular flexibility index (Phi) is 5.50. The van der Waals surface area contributed by atoms with Gasteiger partial charge in [-0.1, -0.05) is 33.6 Å². The highest BCUT2D eigenvalue weighted by atomic mass is 15.2. The van der Waals surface area contributed by atoms with Crippen molar-refractivity contribution < 1.29 is 0 Å². The van der Waals surface area contributed by atoms with Gasteiger partial charge in [-0.2, -0.15) is 0 Å². The van der Waals surface area contributed by atoms with E-state index in [4.69, 9.17) is 0 Å². The largest absolute Gasteiger partial charge is 0.315 e. The SMILES string of the molecule is CC(C)CCN(C1CCCC1)C1CNCC(C)C1. The highest BCUT2D eigenvalue weighted by molar-refractivity contribution is 4.87. The Morgan fingerprint density at radius 3 is 2.44 bits per heavy atom. The van der Waals surface area contributed by atoms with Crippen LogP contribution in [0.1, 0.15) is 59.3 Å². The lowest BCUT2D eigenvalue weighted by Gasteiger charge is -2.41. The fraction of sp³-hybridized carbons (Fsp3) is 1.00. The van der Waals surface area contributed by atoms with Gasteiger partial charge in [0.05, 0.1) is 0 Å². The van der Waals surface area contributed by atoms with Crippen molar-refractivity contribution in [2.45, 2.75) is 71.4 Å². The third kappa shape index (κ3) is 3.96. The second kappa shape index (κ2) is 6.91. The van der Waals surface area contributed by atoms with Crippen molar-refractivity contribution in [2.24, 2.45) is 11.8 Å². The summed E-state index contributed by atoms with van der Waals surface area (Å²) in [5, 5.41) is 3.63. The highest BCUT2D eigenvalue weighted by Gasteiger charge is 2.30. The van der Waals surface area contributed by atoms with E-state index in [9.17, 15) is 0 Å². The van der Waals surface area contributed by atoms with Crippen molar-refractivity contribution in [1.82, 2.24) is 10.2 Å². The first kappa shape index (κ1) is 14.3. The summed E-state index contributed by atoms with van der Waals surface area (Å²) in [4.78, 5) is 2.87. The van der Waals surface area contributed by atoms with Crippen molar-refractivity contribution in [2.75, 3.05) is 19.6 Å². The van der Waals surface area contributed by atoms with Crippen LogP contribution in [0.5, 0.6) is 0 Å². The molecule has 0 aromatic rings. The van der Waals surface area contributed by atoms with Crippen LogP contribution < -0.4 is 5.32 Å². The molecule has 0 aromatic carbocycles. The summed E-state index contributed by atoms with van der Waals surface area (Å²) in [5.41, 5.74) is 0. The third-order valence-electron chi connectivity index (χ3n) is 4.77. The van der Waals surface area contributed by atoms with Crippen LogP contribution in [0.25, 0.3) is 0 Å². The van der Waals surface area contributed by atoms with Crippen LogP contribution in [-0.2, 0) is 0 Å². The smallest absolute Gasteiger partial charge is 0.0226 e. The first-order valence-corrected chi connectivity index (χ1v) is 8.13. The van der Waals surface area contributed by atoms with Crippen LogP contribution in [0.4, 0.5) is 0 Å². The topological polar surface area (TPSA) is 15.3 Å². The van der Waals surface area contributed by atoms with Crippen molar-refractivity contribution >= 4 is 0 Å². The molecule has 1 saturated carbocycles. The molecule has 0 bridgehead atoms. The van der Waals surface area contributed by atoms with Crippen molar-refractivity contribution in [3.63, 3.8) is 0 Å². The predicted molar refractivity (Wildman–Crippen MR) is 78.9 cm³/mol. The summed E-state index contributed by atoms with van der Waals surface area (Å²) in [6.45, 7) is 10.9. The monoisotopic (exact) mass is 252 g/mol. The van der Waals surface area contributed by atoms with Crippen LogP contribution in [0.3, 0.4) is 0 Å². The van der Waals surface area contributed by atoms with E-state index in [1.807, 2.05) is 0 Å². The second-order valence-electron chi connectivity index (χ2n) is 7.01. The highest BCUT2D eigenvalue weighted by Crippen LogP contribution is 2.28. The molecule has 2 unspecified atom stereocenters. The molecule has 2 heteroatoms. The average molecular weight is 252 g/mol. The van der Waals surface area contributed by atoms with Gasteiger partial charge in [-0.15, -0.1) is 0 Å². The average Bonchev–Trinajstić information content (AvgIpc) is 2.83. The van der Waals surface area contributed by atoms with E-state index in [1.165, 1.54) is 58.2 Å². The lowest BCUT2D eigenvalue weighted by Crippen LogP contribution is -2.52. The minimum atomic E-state index is 0.801. The Hall–Kier alpha value is -0.0800. The molecule has 2 aliphatic rings. The van der Waals surface area contributed by atoms with Crippen LogP contribution in [0.15, 0.2) is 0 Å². The molecule has 1 aliphatic heterocycles. The van der Waals surface area contributed by atoms with E-state index in [0.29, 0.717) is 0 Å². The predicted octanol–water partition coefficient (Wildman–Crippen LogP) is 3.28. The molecule has 0 aromatic heterocycles. The van der Waals surface area contributed by atoms with E-state index >= 15 is 0 Å². The normalized spacial score (nSPS) is 30.5. The Morgan fingerprint density at radius 2 is 1.83 bits per heavy atom. The number of nitrogens with zero attached hydrogens (tertiary/aromatic N) is 1. The molecular weight excluding hydrogens is 220 g/mol. The zero-order valence-corrected chi connectivity index (χ0v) is 12.6. The number of hydrogen-bond acceptors (Lipinski definition) is 2. The lowest BCUT2D eigenvalue weighted by molar-refractivity contribution is 0.0940. The fourth-order valence-corrected chi connectivity index (χ4v) is 3.69. The van der Waals surface area contributed by atoms with Crippen LogP contribution in [0, 0.1) is 11.8 Å². The van der Waals surface area contributed by atoms with Gasteiger partial charge in [0, 0.05) is 18.6 Å². The molecule has 1 N–H and O–H groups in total. The number of hydrogen-bond donors (Lipinski definition) is 1. The molecular formula is C16H32N2. The van der Waals surface area contributed by atoms with E-state index in [-0.39, 0.29) is 0 Å². The second-order valence-corrected chi connectivity index (χ2v) is 7.01. The molecule has 2 fully saturated rings. The van der Waals surface area contributed by atoms with Gasteiger partial charge in [-0.25, -0.2) is 0 Å². The molecule has 2 nitrogen and oxygen atoms in total. The molecule has 0 amide bonds. The Balaban J connectivity index is 1.93. The molecule has 1 heterocycles. The van der Waals surface area contributed by atoms with Crippen molar-refractivity contribution in [1.29, 1.82) is 0 Å². The van der Waals surface area contributed by atoms with E-state index in [2.05, 4.69) is 31.0 Å². The number of piperidine rings is 1. The summed E-state index contributed by atoms with van der Waals surface area (Å²) < 4.78 is 0. The van der Waals surface area contributed by atoms with Crippen LogP contribution in [-0.4, -0.2) is 36.6 Å². The van der Waals surface area contributed by atoms with E-state index in [0.717, 1.165) is 23.9 Å². The maximum absolute atomic E-state index is 3.63. The van der Waals surface area contributed by atoms with Gasteiger partial charge in [0.25, 0.3) is 0 Å². The molecule has 2 rings (SSSR count). The minimum Gasteiger partial charge on any atom is -0.315 e. The standard InChI is InChI=1S/C16H32N2/c1-13(2)8-9-18(15-6-4-5-7-15)16-10-14(3)11-17-12-16/h13-17H,4-12H2,1-3H3. The summed E-state index contributed by atoms with van der Waals surface area (Å²) in [7, 11) is 0. The molecule has 1 aliphatic carbocycles. The van der Waals surface area contributed by atoms with Gasteiger partial charge in [0.15, 0.2) is 0 Å². The van der Waals surface area contributed by atoms with Gasteiger partial charge in [0.1, 0.15) is 0 Å². The maximum Gasteiger partial charge on any atom is 0.0226 e. The first-order chi connectivity index (χ1) is 8.66. The third-order valence-corrected chi connectivity index (χ3v) is 4.77. The summed E-state index contributed by atoms with van der Waals surface area (Å²) in [6, 6.07) is 1.69. The maximum atomic E-state index is 3.63. The molecule has 0 spiro atoms. The number of nitrogens with one attached hydrogen (secondary N) is 1. The first-order valence-electron chi connectivity index (χ1n) is 8.13. The van der Waals surface area contributed by atoms with Crippen molar-refractivity contribution in [3.05, 3.63) is 0 Å². The van der Waals surface area contributed by atoms with Crippen LogP contribution >= 0.6 is 0 Å². The zero-order valence-electron chi connectivity index (χ0n) is 12.6. The van der Waals surface area contributed by atoms with E-state index in [1.54, 1.807) is 0 Å². The van der Waals surface area contributed by atoms with Gasteiger partial charge in [-0.05, 0) is 50.6 Å². The minimum absolute atomic E-state index is 0.801. The van der Waals surface area contributed by atoms with Crippen molar-refractivity contribution in [3.8, 4) is 0 Å². The van der Waals surface area contributed by atoms with Crippen LogP contribution in [0.2, 0.25) is 0 Å². The van der Waals surface area contributed by atoms with Gasteiger partial charge in [0.2, 0.25) is 0 Å². The fourth-order valence-electron chi connectivity index (χ4n) is 3.69. The Labute approximate surface area is 114 Å². The van der Waals surface area contributed by atoms with Gasteiger partial charge < -0.3 is 5.32 Å². The lowest BCUT2D eigenvalue weighted by atomic mass is 9.94. The Morgan fingerprint density at radius 1 is 1.11 bits per heavy atom. The Bertz CT molecular complexity index is 233. The zero-order chi connectivity index (χ0) is 13.0. The van der Waals surface area contributed by atoms with Gasteiger partial charge in [-0.3, -0.25) is 4.90 Å². The van der Waals surface area contributed by atoms with Gasteiger partial charge >= 0.3 is 0 Å². The molecule has 106 valence electrons. The summed E-state index contributed by atoms with van der Waals surface area (Å²) >= 11 is 0. The number of rotatable bonds is 5. The molecule has 1 saturated heterocycles. The van der Waals surface area contributed by atoms with E-state index < -0.39 is 0 Å². The summed E-state index contributed by atoms with van der Waals surface area (Å²) in [6.07, 6.45) is 8.58. The molecule has 18 heavy (non-hydrogen) atoms. The molecule has 0 radical (unpaired) electrons. The molecule has 2 atom stereocenters. The quantitative estimate of drug-likeness (QED) is 0.808.